The number of hydrogen-bond donors (Lipinski definition) is 1. The Balaban J connectivity index is 0.00000172. The van der Waals surface area contributed by atoms with Gasteiger partial charge < -0.3 is 10.1 Å². The fraction of sp³-hybridized carbons (Fsp3) is 1.00. The summed E-state index contributed by atoms with van der Waals surface area (Å²) < 4.78 is 5.86. The molecule has 3 nitrogen and oxygen atoms in total. The Morgan fingerprint density at radius 1 is 1.20 bits per heavy atom. The van der Waals surface area contributed by atoms with Crippen molar-refractivity contribution in [3.05, 3.63) is 0 Å². The smallest absolute Gasteiger partial charge is 0.0702 e. The molecule has 0 aromatic rings. The molecule has 1 atom stereocenters. The normalized spacial score (nSPS) is 19.8. The fourth-order valence-electron chi connectivity index (χ4n) is 2.61. The molecule has 0 bridgehead atoms. The highest BCUT2D eigenvalue weighted by atomic mass is 16.5. The SMILES string of the molecule is CC.CCNCCCCCC1CN(CC(C)C)CCO1. The molecule has 0 aliphatic carbocycles. The number of rotatable bonds is 9. The number of nitrogens with zero attached hydrogens (tertiary/aromatic N) is 1. The van der Waals surface area contributed by atoms with Crippen molar-refractivity contribution in [1.82, 2.24) is 10.2 Å². The van der Waals surface area contributed by atoms with E-state index in [0.717, 1.165) is 32.2 Å². The summed E-state index contributed by atoms with van der Waals surface area (Å²) in [5.74, 6) is 0.767. The van der Waals surface area contributed by atoms with Crippen LogP contribution in [0.2, 0.25) is 0 Å². The molecule has 0 aromatic heterocycles. The molecule has 1 heterocycles. The van der Waals surface area contributed by atoms with Crippen LogP contribution in [0.4, 0.5) is 0 Å². The van der Waals surface area contributed by atoms with E-state index in [0.29, 0.717) is 6.10 Å². The molecule has 1 unspecified atom stereocenters. The van der Waals surface area contributed by atoms with Crippen molar-refractivity contribution >= 4 is 0 Å². The standard InChI is InChI=1S/C15H32N2O.C2H6/c1-4-16-9-7-5-6-8-15-13-17(10-11-18-15)12-14(2)3;1-2/h14-16H,4-13H2,1-3H3;1-2H3. The number of ether oxygens (including phenoxy) is 1. The van der Waals surface area contributed by atoms with E-state index in [1.54, 1.807) is 0 Å². The van der Waals surface area contributed by atoms with Crippen molar-refractivity contribution in [1.29, 1.82) is 0 Å². The molecule has 1 saturated heterocycles. The van der Waals surface area contributed by atoms with Crippen LogP contribution in [0.15, 0.2) is 0 Å². The molecular weight excluding hydrogens is 248 g/mol. The van der Waals surface area contributed by atoms with Gasteiger partial charge in [-0.2, -0.15) is 0 Å². The Hall–Kier alpha value is -0.120. The average Bonchev–Trinajstić information content (AvgIpc) is 2.44. The van der Waals surface area contributed by atoms with E-state index in [1.165, 1.54) is 38.8 Å². The summed E-state index contributed by atoms with van der Waals surface area (Å²) >= 11 is 0. The molecule has 20 heavy (non-hydrogen) atoms. The van der Waals surface area contributed by atoms with Crippen LogP contribution in [0.25, 0.3) is 0 Å². The molecule has 3 heteroatoms. The summed E-state index contributed by atoms with van der Waals surface area (Å²) in [6.45, 7) is 17.4. The molecule has 122 valence electrons. The summed E-state index contributed by atoms with van der Waals surface area (Å²) in [4.78, 5) is 2.57. The molecule has 1 aliphatic heterocycles. The van der Waals surface area contributed by atoms with E-state index in [4.69, 9.17) is 4.74 Å². The quantitative estimate of drug-likeness (QED) is 0.656. The van der Waals surface area contributed by atoms with Gasteiger partial charge in [-0.25, -0.2) is 0 Å². The van der Waals surface area contributed by atoms with Crippen LogP contribution in [0.3, 0.4) is 0 Å². The highest BCUT2D eigenvalue weighted by Crippen LogP contribution is 2.13. The van der Waals surface area contributed by atoms with Crippen LogP contribution >= 0.6 is 0 Å². The van der Waals surface area contributed by atoms with Gasteiger partial charge in [0.15, 0.2) is 0 Å². The summed E-state index contributed by atoms with van der Waals surface area (Å²) in [5.41, 5.74) is 0. The van der Waals surface area contributed by atoms with Crippen molar-refractivity contribution in [3.63, 3.8) is 0 Å². The third-order valence-electron chi connectivity index (χ3n) is 3.48. The Labute approximate surface area is 127 Å². The summed E-state index contributed by atoms with van der Waals surface area (Å²) in [6, 6.07) is 0. The first kappa shape index (κ1) is 19.9. The Kier molecular flexibility index (Phi) is 13.8. The van der Waals surface area contributed by atoms with E-state index >= 15 is 0 Å². The van der Waals surface area contributed by atoms with E-state index in [-0.39, 0.29) is 0 Å². The zero-order valence-corrected chi connectivity index (χ0v) is 14.6. The molecule has 1 fully saturated rings. The molecule has 1 aliphatic rings. The van der Waals surface area contributed by atoms with E-state index in [2.05, 4.69) is 31.0 Å². The van der Waals surface area contributed by atoms with Crippen LogP contribution < -0.4 is 5.32 Å². The second-order valence-electron chi connectivity index (χ2n) is 5.85. The van der Waals surface area contributed by atoms with Gasteiger partial charge in [0, 0.05) is 19.6 Å². The largest absolute Gasteiger partial charge is 0.376 e. The monoisotopic (exact) mass is 286 g/mol. The Morgan fingerprint density at radius 3 is 2.60 bits per heavy atom. The minimum absolute atomic E-state index is 0.483. The van der Waals surface area contributed by atoms with Crippen molar-refractivity contribution in [2.45, 2.75) is 66.4 Å². The Bertz CT molecular complexity index is 197. The molecule has 0 aromatic carbocycles. The maximum absolute atomic E-state index is 5.86. The van der Waals surface area contributed by atoms with Crippen LogP contribution in [0, 0.1) is 5.92 Å². The molecule has 1 N–H and O–H groups in total. The molecular formula is C17H38N2O. The molecule has 0 amide bonds. The highest BCUT2D eigenvalue weighted by molar-refractivity contribution is 4.72. The zero-order valence-electron chi connectivity index (χ0n) is 14.6. The lowest BCUT2D eigenvalue weighted by atomic mass is 10.1. The van der Waals surface area contributed by atoms with Gasteiger partial charge in [0.2, 0.25) is 0 Å². The highest BCUT2D eigenvalue weighted by Gasteiger charge is 2.20. The van der Waals surface area contributed by atoms with Gasteiger partial charge in [0.1, 0.15) is 0 Å². The van der Waals surface area contributed by atoms with Gasteiger partial charge >= 0.3 is 0 Å². The average molecular weight is 287 g/mol. The summed E-state index contributed by atoms with van der Waals surface area (Å²) in [5, 5.41) is 3.38. The van der Waals surface area contributed by atoms with E-state index in [1.807, 2.05) is 13.8 Å². The van der Waals surface area contributed by atoms with Gasteiger partial charge in [-0.15, -0.1) is 0 Å². The van der Waals surface area contributed by atoms with Crippen molar-refractivity contribution in [3.8, 4) is 0 Å². The van der Waals surface area contributed by atoms with Gasteiger partial charge in [0.25, 0.3) is 0 Å². The van der Waals surface area contributed by atoms with Crippen molar-refractivity contribution in [2.24, 2.45) is 5.92 Å². The lowest BCUT2D eigenvalue weighted by Gasteiger charge is -2.34. The molecule has 0 saturated carbocycles. The Morgan fingerprint density at radius 2 is 1.95 bits per heavy atom. The number of unbranched alkanes of at least 4 members (excludes halogenated alkanes) is 2. The third-order valence-corrected chi connectivity index (χ3v) is 3.48. The zero-order chi connectivity index (χ0) is 15.2. The maximum atomic E-state index is 5.86. The van der Waals surface area contributed by atoms with Crippen LogP contribution in [-0.2, 0) is 4.74 Å². The summed E-state index contributed by atoms with van der Waals surface area (Å²) in [7, 11) is 0. The minimum Gasteiger partial charge on any atom is -0.376 e. The third kappa shape index (κ3) is 10.6. The van der Waals surface area contributed by atoms with Gasteiger partial charge in [-0.1, -0.05) is 47.5 Å². The summed E-state index contributed by atoms with van der Waals surface area (Å²) in [6.07, 6.45) is 5.66. The minimum atomic E-state index is 0.483. The number of nitrogens with one attached hydrogen (secondary N) is 1. The first-order valence-corrected chi connectivity index (χ1v) is 8.77. The fourth-order valence-corrected chi connectivity index (χ4v) is 2.61. The van der Waals surface area contributed by atoms with Crippen molar-refractivity contribution in [2.75, 3.05) is 39.3 Å². The van der Waals surface area contributed by atoms with Gasteiger partial charge in [-0.05, 0) is 31.8 Å². The van der Waals surface area contributed by atoms with E-state index < -0.39 is 0 Å². The molecule has 0 radical (unpaired) electrons. The topological polar surface area (TPSA) is 24.5 Å². The van der Waals surface area contributed by atoms with Crippen LogP contribution in [0.1, 0.15) is 60.3 Å². The lowest BCUT2D eigenvalue weighted by molar-refractivity contribution is -0.0360. The second kappa shape index (κ2) is 13.8. The van der Waals surface area contributed by atoms with Crippen molar-refractivity contribution < 1.29 is 4.74 Å². The predicted molar refractivity (Wildman–Crippen MR) is 89.4 cm³/mol. The van der Waals surface area contributed by atoms with Gasteiger partial charge in [-0.3, -0.25) is 4.90 Å². The lowest BCUT2D eigenvalue weighted by Crippen LogP contribution is -2.43. The molecule has 1 rings (SSSR count). The second-order valence-corrected chi connectivity index (χ2v) is 5.85. The van der Waals surface area contributed by atoms with Gasteiger partial charge in [0.05, 0.1) is 12.7 Å². The van der Waals surface area contributed by atoms with E-state index in [9.17, 15) is 0 Å². The first-order valence-electron chi connectivity index (χ1n) is 8.77. The molecule has 0 spiro atoms. The van der Waals surface area contributed by atoms with Crippen LogP contribution in [-0.4, -0.2) is 50.3 Å². The number of hydrogen-bond acceptors (Lipinski definition) is 3. The predicted octanol–water partition coefficient (Wildman–Crippen LogP) is 3.54. The number of morpholine rings is 1. The first-order chi connectivity index (χ1) is 9.72. The van der Waals surface area contributed by atoms with Crippen LogP contribution in [0.5, 0.6) is 0 Å². The maximum Gasteiger partial charge on any atom is 0.0702 e.